The summed E-state index contributed by atoms with van der Waals surface area (Å²) in [6.07, 6.45) is 1.61. The molecule has 23 heavy (non-hydrogen) atoms. The molecule has 1 heterocycles. The van der Waals surface area contributed by atoms with Crippen LogP contribution in [0.15, 0.2) is 77.4 Å². The molecule has 0 N–H and O–H groups in total. The van der Waals surface area contributed by atoms with Gasteiger partial charge in [0.2, 0.25) is 0 Å². The van der Waals surface area contributed by atoms with Crippen LogP contribution in [-0.2, 0) is 13.1 Å². The number of rotatable bonds is 5. The van der Waals surface area contributed by atoms with Crippen LogP contribution >= 0.6 is 11.6 Å². The second-order valence-electron chi connectivity index (χ2n) is 5.21. The van der Waals surface area contributed by atoms with Crippen molar-refractivity contribution >= 4 is 17.5 Å². The fourth-order valence-corrected chi connectivity index (χ4v) is 2.62. The predicted molar refractivity (Wildman–Crippen MR) is 90.2 cm³/mol. The lowest BCUT2D eigenvalue weighted by atomic mass is 10.1. The van der Waals surface area contributed by atoms with E-state index in [2.05, 4.69) is 0 Å². The van der Waals surface area contributed by atoms with Crippen LogP contribution < -0.4 is 0 Å². The first-order chi connectivity index (χ1) is 11.2. The van der Waals surface area contributed by atoms with Crippen molar-refractivity contribution in [3.63, 3.8) is 0 Å². The molecule has 2 aromatic carbocycles. The average molecular weight is 326 g/mol. The Morgan fingerprint density at radius 1 is 0.913 bits per heavy atom. The number of nitrogens with zero attached hydrogens (tertiary/aromatic N) is 1. The highest BCUT2D eigenvalue weighted by Crippen LogP contribution is 2.20. The molecule has 0 bridgehead atoms. The molecular formula is C19H16ClNO2. The largest absolute Gasteiger partial charge is 0.467 e. The van der Waals surface area contributed by atoms with E-state index in [1.54, 1.807) is 23.3 Å². The minimum Gasteiger partial charge on any atom is -0.467 e. The van der Waals surface area contributed by atoms with Gasteiger partial charge in [-0.25, -0.2) is 0 Å². The molecule has 3 aromatic rings. The summed E-state index contributed by atoms with van der Waals surface area (Å²) in [7, 11) is 0. The Bertz CT molecular complexity index is 769. The second kappa shape index (κ2) is 7.16. The summed E-state index contributed by atoms with van der Waals surface area (Å²) in [5.41, 5.74) is 1.55. The zero-order chi connectivity index (χ0) is 16.1. The van der Waals surface area contributed by atoms with Crippen molar-refractivity contribution in [2.45, 2.75) is 13.1 Å². The summed E-state index contributed by atoms with van der Waals surface area (Å²) in [5, 5.41) is 0.454. The maximum atomic E-state index is 12.9. The van der Waals surface area contributed by atoms with Gasteiger partial charge in [-0.3, -0.25) is 4.79 Å². The molecule has 0 atom stereocenters. The summed E-state index contributed by atoms with van der Waals surface area (Å²) < 4.78 is 5.39. The van der Waals surface area contributed by atoms with Gasteiger partial charge in [-0.15, -0.1) is 0 Å². The molecule has 0 unspecified atom stereocenters. The third kappa shape index (κ3) is 3.82. The van der Waals surface area contributed by atoms with Gasteiger partial charge in [0.05, 0.1) is 23.4 Å². The van der Waals surface area contributed by atoms with Crippen LogP contribution in [0.2, 0.25) is 5.02 Å². The molecule has 0 fully saturated rings. The number of carbonyl (C=O) groups is 1. The molecule has 0 saturated heterocycles. The first-order valence-electron chi connectivity index (χ1n) is 7.34. The predicted octanol–water partition coefficient (Wildman–Crippen LogP) is 4.78. The Morgan fingerprint density at radius 2 is 1.65 bits per heavy atom. The molecule has 1 amide bonds. The molecule has 4 heteroatoms. The van der Waals surface area contributed by atoms with Crippen LogP contribution in [0.4, 0.5) is 0 Å². The fourth-order valence-electron chi connectivity index (χ4n) is 2.40. The van der Waals surface area contributed by atoms with Crippen molar-refractivity contribution in [1.29, 1.82) is 0 Å². The van der Waals surface area contributed by atoms with Gasteiger partial charge in [-0.1, -0.05) is 54.1 Å². The second-order valence-corrected chi connectivity index (χ2v) is 5.61. The molecule has 116 valence electrons. The first-order valence-corrected chi connectivity index (χ1v) is 7.72. The minimum absolute atomic E-state index is 0.115. The highest BCUT2D eigenvalue weighted by atomic mass is 35.5. The molecule has 0 aliphatic heterocycles. The Balaban J connectivity index is 1.88. The van der Waals surface area contributed by atoms with E-state index in [1.807, 2.05) is 54.6 Å². The Hall–Kier alpha value is -2.52. The third-order valence-electron chi connectivity index (χ3n) is 3.53. The topological polar surface area (TPSA) is 33.5 Å². The molecule has 0 aliphatic carbocycles. The fraction of sp³-hybridized carbons (Fsp3) is 0.105. The van der Waals surface area contributed by atoms with Gasteiger partial charge in [0.25, 0.3) is 5.91 Å². The summed E-state index contributed by atoms with van der Waals surface area (Å²) in [6.45, 7) is 0.886. The van der Waals surface area contributed by atoms with Crippen LogP contribution in [0.25, 0.3) is 0 Å². The molecule has 0 radical (unpaired) electrons. The van der Waals surface area contributed by atoms with Gasteiger partial charge in [0.1, 0.15) is 5.76 Å². The lowest BCUT2D eigenvalue weighted by Gasteiger charge is -2.22. The molecule has 0 spiro atoms. The number of amides is 1. The van der Waals surface area contributed by atoms with Crippen LogP contribution in [0.3, 0.4) is 0 Å². The van der Waals surface area contributed by atoms with Crippen molar-refractivity contribution < 1.29 is 9.21 Å². The maximum Gasteiger partial charge on any atom is 0.256 e. The highest BCUT2D eigenvalue weighted by Gasteiger charge is 2.19. The smallest absolute Gasteiger partial charge is 0.256 e. The van der Waals surface area contributed by atoms with Crippen molar-refractivity contribution in [2.24, 2.45) is 0 Å². The van der Waals surface area contributed by atoms with Crippen molar-refractivity contribution in [1.82, 2.24) is 4.90 Å². The summed E-state index contributed by atoms with van der Waals surface area (Å²) in [6, 6.07) is 20.6. The number of carbonyl (C=O) groups excluding carboxylic acids is 1. The van der Waals surface area contributed by atoms with Gasteiger partial charge >= 0.3 is 0 Å². The van der Waals surface area contributed by atoms with E-state index >= 15 is 0 Å². The van der Waals surface area contributed by atoms with Gasteiger partial charge in [-0.05, 0) is 29.8 Å². The summed E-state index contributed by atoms with van der Waals surface area (Å²) >= 11 is 6.18. The molecule has 3 nitrogen and oxygen atoms in total. The number of furan rings is 1. The Kier molecular flexibility index (Phi) is 4.79. The molecule has 3 rings (SSSR count). The van der Waals surface area contributed by atoms with Crippen LogP contribution in [-0.4, -0.2) is 10.8 Å². The van der Waals surface area contributed by atoms with Gasteiger partial charge in [0.15, 0.2) is 0 Å². The molecule has 0 aliphatic rings. The number of hydrogen-bond donors (Lipinski definition) is 0. The van der Waals surface area contributed by atoms with Crippen molar-refractivity contribution in [3.05, 3.63) is 94.9 Å². The van der Waals surface area contributed by atoms with E-state index in [-0.39, 0.29) is 5.91 Å². The van der Waals surface area contributed by atoms with Crippen LogP contribution in [0.1, 0.15) is 21.7 Å². The molecule has 1 aromatic heterocycles. The van der Waals surface area contributed by atoms with E-state index in [9.17, 15) is 4.79 Å². The lowest BCUT2D eigenvalue weighted by molar-refractivity contribution is 0.0718. The lowest BCUT2D eigenvalue weighted by Crippen LogP contribution is -2.30. The average Bonchev–Trinajstić information content (AvgIpc) is 3.08. The summed E-state index contributed by atoms with van der Waals surface area (Å²) in [5.74, 6) is 0.622. The SMILES string of the molecule is O=C(c1ccccc1Cl)N(Cc1ccccc1)Cc1ccco1. The quantitative estimate of drug-likeness (QED) is 0.676. The standard InChI is InChI=1S/C19H16ClNO2/c20-18-11-5-4-10-17(18)19(22)21(14-16-9-6-12-23-16)13-15-7-2-1-3-8-15/h1-12H,13-14H2. The van der Waals surface area contributed by atoms with Crippen LogP contribution in [0.5, 0.6) is 0 Å². The Morgan fingerprint density at radius 3 is 2.35 bits per heavy atom. The Labute approximate surface area is 140 Å². The number of benzene rings is 2. The first kappa shape index (κ1) is 15.4. The summed E-state index contributed by atoms with van der Waals surface area (Å²) in [4.78, 5) is 14.6. The van der Waals surface area contributed by atoms with Gasteiger partial charge < -0.3 is 9.32 Å². The monoisotopic (exact) mass is 325 g/mol. The zero-order valence-corrected chi connectivity index (χ0v) is 13.2. The number of hydrogen-bond acceptors (Lipinski definition) is 2. The molecular weight excluding hydrogens is 310 g/mol. The van der Waals surface area contributed by atoms with E-state index in [0.29, 0.717) is 23.7 Å². The van der Waals surface area contributed by atoms with E-state index in [4.69, 9.17) is 16.0 Å². The molecule has 0 saturated carbocycles. The van der Waals surface area contributed by atoms with Gasteiger partial charge in [0, 0.05) is 6.54 Å². The van der Waals surface area contributed by atoms with Gasteiger partial charge in [-0.2, -0.15) is 0 Å². The van der Waals surface area contributed by atoms with Crippen molar-refractivity contribution in [2.75, 3.05) is 0 Å². The third-order valence-corrected chi connectivity index (χ3v) is 3.86. The normalized spacial score (nSPS) is 10.5. The highest BCUT2D eigenvalue weighted by molar-refractivity contribution is 6.33. The van der Waals surface area contributed by atoms with Crippen LogP contribution in [0, 0.1) is 0 Å². The van der Waals surface area contributed by atoms with Crippen molar-refractivity contribution in [3.8, 4) is 0 Å². The maximum absolute atomic E-state index is 12.9. The zero-order valence-electron chi connectivity index (χ0n) is 12.5. The number of halogens is 1. The van der Waals surface area contributed by atoms with E-state index < -0.39 is 0 Å². The minimum atomic E-state index is -0.115. The van der Waals surface area contributed by atoms with E-state index in [1.165, 1.54) is 0 Å². The van der Waals surface area contributed by atoms with E-state index in [0.717, 1.165) is 11.3 Å².